The van der Waals surface area contributed by atoms with E-state index in [0.717, 1.165) is 27.5 Å². The second-order valence-corrected chi connectivity index (χ2v) is 6.24. The summed E-state index contributed by atoms with van der Waals surface area (Å²) in [6.45, 7) is 5.33. The van der Waals surface area contributed by atoms with E-state index < -0.39 is 0 Å². The van der Waals surface area contributed by atoms with Gasteiger partial charge in [-0.25, -0.2) is 4.98 Å². The van der Waals surface area contributed by atoms with Crippen LogP contribution in [0.3, 0.4) is 0 Å². The standard InChI is InChI=1S/C16H17N3S/c1-11(2)7-18-16-19-10-15(20-16)14-9-17-8-12-5-3-4-6-13(12)14/h3-6,8-11H,7H2,1-2H3,(H,18,19). The van der Waals surface area contributed by atoms with Gasteiger partial charge in [-0.15, -0.1) is 0 Å². The molecule has 0 atom stereocenters. The topological polar surface area (TPSA) is 37.8 Å². The van der Waals surface area contributed by atoms with Gasteiger partial charge in [-0.2, -0.15) is 0 Å². The number of anilines is 1. The lowest BCUT2D eigenvalue weighted by molar-refractivity contribution is 0.688. The maximum absolute atomic E-state index is 4.45. The number of hydrogen-bond acceptors (Lipinski definition) is 4. The van der Waals surface area contributed by atoms with E-state index in [1.54, 1.807) is 11.3 Å². The number of thiazole rings is 1. The lowest BCUT2D eigenvalue weighted by atomic mass is 10.1. The normalized spacial score (nSPS) is 11.2. The van der Waals surface area contributed by atoms with E-state index in [2.05, 4.69) is 47.3 Å². The predicted molar refractivity (Wildman–Crippen MR) is 86.2 cm³/mol. The third-order valence-corrected chi connectivity index (χ3v) is 4.09. The molecule has 3 rings (SSSR count). The van der Waals surface area contributed by atoms with Crippen molar-refractivity contribution in [1.29, 1.82) is 0 Å². The highest BCUT2D eigenvalue weighted by atomic mass is 32.1. The van der Waals surface area contributed by atoms with Crippen molar-refractivity contribution in [2.24, 2.45) is 5.92 Å². The number of fused-ring (bicyclic) bond motifs is 1. The first-order valence-corrected chi connectivity index (χ1v) is 7.58. The monoisotopic (exact) mass is 283 g/mol. The molecule has 0 aliphatic rings. The average Bonchev–Trinajstić information content (AvgIpc) is 2.93. The van der Waals surface area contributed by atoms with Gasteiger partial charge in [-0.3, -0.25) is 4.98 Å². The molecule has 0 bridgehead atoms. The van der Waals surface area contributed by atoms with Crippen molar-refractivity contribution >= 4 is 27.2 Å². The highest BCUT2D eigenvalue weighted by Gasteiger charge is 2.08. The fourth-order valence-electron chi connectivity index (χ4n) is 2.08. The molecule has 102 valence electrons. The second kappa shape index (κ2) is 5.59. The Morgan fingerprint density at radius 1 is 1.15 bits per heavy atom. The summed E-state index contributed by atoms with van der Waals surface area (Å²) < 4.78 is 0. The van der Waals surface area contributed by atoms with Gasteiger partial charge in [-0.05, 0) is 11.3 Å². The molecule has 0 saturated heterocycles. The van der Waals surface area contributed by atoms with Crippen LogP contribution in [0.2, 0.25) is 0 Å². The molecule has 0 aliphatic heterocycles. The summed E-state index contributed by atoms with van der Waals surface area (Å²) in [6, 6.07) is 8.32. The van der Waals surface area contributed by atoms with Crippen molar-refractivity contribution in [3.63, 3.8) is 0 Å². The number of nitrogens with zero attached hydrogens (tertiary/aromatic N) is 2. The van der Waals surface area contributed by atoms with Crippen molar-refractivity contribution in [3.8, 4) is 10.4 Å². The smallest absolute Gasteiger partial charge is 0.183 e. The molecule has 0 radical (unpaired) electrons. The van der Waals surface area contributed by atoms with Crippen molar-refractivity contribution in [2.75, 3.05) is 11.9 Å². The Morgan fingerprint density at radius 2 is 2.00 bits per heavy atom. The van der Waals surface area contributed by atoms with Crippen LogP contribution in [0.5, 0.6) is 0 Å². The number of benzene rings is 1. The molecule has 2 heterocycles. The van der Waals surface area contributed by atoms with Crippen LogP contribution in [0.4, 0.5) is 5.13 Å². The maximum Gasteiger partial charge on any atom is 0.183 e. The number of aromatic nitrogens is 2. The second-order valence-electron chi connectivity index (χ2n) is 5.21. The highest BCUT2D eigenvalue weighted by Crippen LogP contribution is 2.33. The van der Waals surface area contributed by atoms with Gasteiger partial charge in [0.15, 0.2) is 5.13 Å². The van der Waals surface area contributed by atoms with Crippen LogP contribution in [0.15, 0.2) is 42.9 Å². The molecule has 0 amide bonds. The quantitative estimate of drug-likeness (QED) is 0.770. The predicted octanol–water partition coefficient (Wildman–Crippen LogP) is 4.43. The van der Waals surface area contributed by atoms with Crippen molar-refractivity contribution < 1.29 is 0 Å². The molecular weight excluding hydrogens is 266 g/mol. The number of pyridine rings is 1. The molecule has 0 aliphatic carbocycles. The van der Waals surface area contributed by atoms with Gasteiger partial charge in [0.25, 0.3) is 0 Å². The molecular formula is C16H17N3S. The summed E-state index contributed by atoms with van der Waals surface area (Å²) in [5.74, 6) is 0.613. The van der Waals surface area contributed by atoms with Crippen LogP contribution in [0, 0.1) is 5.92 Å². The first kappa shape index (κ1) is 13.1. The lowest BCUT2D eigenvalue weighted by Gasteiger charge is -2.05. The summed E-state index contributed by atoms with van der Waals surface area (Å²) >= 11 is 1.68. The SMILES string of the molecule is CC(C)CNc1ncc(-c2cncc3ccccc23)s1. The number of nitrogens with one attached hydrogen (secondary N) is 1. The van der Waals surface area contributed by atoms with Crippen LogP contribution in [-0.2, 0) is 0 Å². The zero-order chi connectivity index (χ0) is 13.9. The van der Waals surface area contributed by atoms with Gasteiger partial charge in [0.2, 0.25) is 0 Å². The van der Waals surface area contributed by atoms with Crippen LogP contribution >= 0.6 is 11.3 Å². The number of rotatable bonds is 4. The van der Waals surface area contributed by atoms with Crippen molar-refractivity contribution in [2.45, 2.75) is 13.8 Å². The van der Waals surface area contributed by atoms with E-state index in [1.165, 1.54) is 5.39 Å². The van der Waals surface area contributed by atoms with Gasteiger partial charge in [0, 0.05) is 36.1 Å². The largest absolute Gasteiger partial charge is 0.361 e. The lowest BCUT2D eigenvalue weighted by Crippen LogP contribution is -2.07. The van der Waals surface area contributed by atoms with Crippen LogP contribution in [-0.4, -0.2) is 16.5 Å². The summed E-state index contributed by atoms with van der Waals surface area (Å²) in [7, 11) is 0. The van der Waals surface area contributed by atoms with E-state index >= 15 is 0 Å². The molecule has 1 aromatic carbocycles. The van der Waals surface area contributed by atoms with Crippen LogP contribution in [0.1, 0.15) is 13.8 Å². The molecule has 0 fully saturated rings. The summed E-state index contributed by atoms with van der Waals surface area (Å²) in [5.41, 5.74) is 1.15. The molecule has 3 aromatic rings. The van der Waals surface area contributed by atoms with E-state index in [0.29, 0.717) is 5.92 Å². The maximum atomic E-state index is 4.45. The zero-order valence-corrected chi connectivity index (χ0v) is 12.4. The Balaban J connectivity index is 1.95. The summed E-state index contributed by atoms with van der Waals surface area (Å²) in [6.07, 6.45) is 5.75. The Morgan fingerprint density at radius 3 is 2.85 bits per heavy atom. The fraction of sp³-hybridized carbons (Fsp3) is 0.250. The van der Waals surface area contributed by atoms with Gasteiger partial charge in [-0.1, -0.05) is 49.4 Å². The molecule has 3 nitrogen and oxygen atoms in total. The molecule has 0 unspecified atom stereocenters. The van der Waals surface area contributed by atoms with Crippen LogP contribution < -0.4 is 5.32 Å². The Bertz CT molecular complexity index is 713. The highest BCUT2D eigenvalue weighted by molar-refractivity contribution is 7.19. The molecule has 20 heavy (non-hydrogen) atoms. The Kier molecular flexibility index (Phi) is 3.65. The number of hydrogen-bond donors (Lipinski definition) is 1. The molecule has 2 aromatic heterocycles. The van der Waals surface area contributed by atoms with Gasteiger partial charge >= 0.3 is 0 Å². The van der Waals surface area contributed by atoms with Crippen molar-refractivity contribution in [1.82, 2.24) is 9.97 Å². The minimum atomic E-state index is 0.613. The van der Waals surface area contributed by atoms with E-state index in [4.69, 9.17) is 0 Å². The van der Waals surface area contributed by atoms with E-state index in [1.807, 2.05) is 24.7 Å². The van der Waals surface area contributed by atoms with E-state index in [9.17, 15) is 0 Å². The average molecular weight is 283 g/mol. The minimum Gasteiger partial charge on any atom is -0.361 e. The van der Waals surface area contributed by atoms with Crippen LogP contribution in [0.25, 0.3) is 21.2 Å². The molecule has 4 heteroatoms. The summed E-state index contributed by atoms with van der Waals surface area (Å²) in [5, 5.41) is 6.73. The zero-order valence-electron chi connectivity index (χ0n) is 11.6. The molecule has 0 saturated carbocycles. The van der Waals surface area contributed by atoms with Gasteiger partial charge < -0.3 is 5.32 Å². The Labute approximate surface area is 122 Å². The fourth-order valence-corrected chi connectivity index (χ4v) is 2.93. The molecule has 0 spiro atoms. The van der Waals surface area contributed by atoms with Crippen molar-refractivity contribution in [3.05, 3.63) is 42.9 Å². The van der Waals surface area contributed by atoms with Gasteiger partial charge in [0.1, 0.15) is 0 Å². The third-order valence-electron chi connectivity index (χ3n) is 3.10. The minimum absolute atomic E-state index is 0.613. The van der Waals surface area contributed by atoms with Gasteiger partial charge in [0.05, 0.1) is 4.88 Å². The third kappa shape index (κ3) is 2.65. The first-order valence-electron chi connectivity index (χ1n) is 6.77. The summed E-state index contributed by atoms with van der Waals surface area (Å²) in [4.78, 5) is 9.94. The molecule has 1 N–H and O–H groups in total. The Hall–Kier alpha value is -1.94. The first-order chi connectivity index (χ1) is 9.74. The van der Waals surface area contributed by atoms with E-state index in [-0.39, 0.29) is 0 Å².